The third-order valence-electron chi connectivity index (χ3n) is 2.71. The van der Waals surface area contributed by atoms with Gasteiger partial charge in [-0.1, -0.05) is 0 Å². The fraction of sp³-hybridized carbons (Fsp3) is 0.714. The number of aliphatic hydroxyl groups excluding tert-OH is 1. The van der Waals surface area contributed by atoms with Crippen LogP contribution < -0.4 is 0 Å². The Morgan fingerprint density at radius 3 is 2.48 bits per heavy atom. The molecular formula is C14H22O7. The van der Waals surface area contributed by atoms with Crippen LogP contribution in [-0.4, -0.2) is 48.9 Å². The largest absolute Gasteiger partial charge is 0.460 e. The van der Waals surface area contributed by atoms with E-state index in [0.29, 0.717) is 5.57 Å². The maximum absolute atomic E-state index is 11.9. The van der Waals surface area contributed by atoms with Gasteiger partial charge in [0.15, 0.2) is 0 Å². The molecule has 7 heteroatoms. The van der Waals surface area contributed by atoms with Crippen molar-refractivity contribution in [3.05, 3.63) is 11.1 Å². The van der Waals surface area contributed by atoms with Gasteiger partial charge in [-0.2, -0.15) is 0 Å². The lowest BCUT2D eigenvalue weighted by atomic mass is 10.0. The molecule has 0 radical (unpaired) electrons. The molecule has 0 aliphatic carbocycles. The minimum Gasteiger partial charge on any atom is -0.460 e. The third-order valence-corrected chi connectivity index (χ3v) is 2.71. The molecule has 1 rings (SSSR count). The SMILES string of the molecule is COCOC(CC(=O)OC(C)(C)C)C1=C(C)C(O)OC1=O. The maximum atomic E-state index is 11.9. The Labute approximate surface area is 123 Å². The summed E-state index contributed by atoms with van der Waals surface area (Å²) in [7, 11) is 1.42. The van der Waals surface area contributed by atoms with Crippen molar-refractivity contribution in [3.8, 4) is 0 Å². The molecule has 2 unspecified atom stereocenters. The Bertz CT molecular complexity index is 433. The summed E-state index contributed by atoms with van der Waals surface area (Å²) in [5.41, 5.74) is -0.183. The van der Waals surface area contributed by atoms with Crippen LogP contribution in [-0.2, 0) is 28.5 Å². The molecule has 120 valence electrons. The molecule has 0 spiro atoms. The fourth-order valence-corrected chi connectivity index (χ4v) is 1.86. The first-order valence-corrected chi connectivity index (χ1v) is 6.57. The highest BCUT2D eigenvalue weighted by Gasteiger charge is 2.37. The molecule has 1 heterocycles. The highest BCUT2D eigenvalue weighted by Crippen LogP contribution is 2.27. The molecule has 0 aromatic rings. The lowest BCUT2D eigenvalue weighted by Gasteiger charge is -2.22. The molecule has 21 heavy (non-hydrogen) atoms. The van der Waals surface area contributed by atoms with Gasteiger partial charge in [0.2, 0.25) is 6.29 Å². The second kappa shape index (κ2) is 7.02. The molecule has 0 bridgehead atoms. The molecule has 0 saturated heterocycles. The van der Waals surface area contributed by atoms with Crippen LogP contribution in [0.2, 0.25) is 0 Å². The molecule has 0 aromatic heterocycles. The molecule has 0 amide bonds. The summed E-state index contributed by atoms with van der Waals surface area (Å²) in [6, 6.07) is 0. The number of carbonyl (C=O) groups excluding carboxylic acids is 2. The molecule has 1 aliphatic rings. The topological polar surface area (TPSA) is 91.3 Å². The second-order valence-corrected chi connectivity index (χ2v) is 5.71. The van der Waals surface area contributed by atoms with Crippen molar-refractivity contribution in [1.82, 2.24) is 0 Å². The van der Waals surface area contributed by atoms with E-state index >= 15 is 0 Å². The van der Waals surface area contributed by atoms with Gasteiger partial charge in [0.05, 0.1) is 12.0 Å². The molecule has 0 saturated carbocycles. The van der Waals surface area contributed by atoms with Crippen molar-refractivity contribution < 1.29 is 33.6 Å². The standard InChI is InChI=1S/C14H22O7/c1-8-11(13(17)20-12(8)16)9(19-7-18-5)6-10(15)21-14(2,3)4/h9,12,16H,6-7H2,1-5H3. The van der Waals surface area contributed by atoms with Crippen molar-refractivity contribution in [2.75, 3.05) is 13.9 Å². The van der Waals surface area contributed by atoms with E-state index in [2.05, 4.69) is 0 Å². The Hall–Kier alpha value is -1.44. The quantitative estimate of drug-likeness (QED) is 0.575. The van der Waals surface area contributed by atoms with Crippen LogP contribution in [0.1, 0.15) is 34.1 Å². The van der Waals surface area contributed by atoms with Crippen LogP contribution in [0.25, 0.3) is 0 Å². The predicted molar refractivity (Wildman–Crippen MR) is 72.0 cm³/mol. The minimum absolute atomic E-state index is 0.104. The van der Waals surface area contributed by atoms with Gasteiger partial charge in [-0.25, -0.2) is 4.79 Å². The second-order valence-electron chi connectivity index (χ2n) is 5.71. The molecule has 1 N–H and O–H groups in total. The summed E-state index contributed by atoms with van der Waals surface area (Å²) in [5.74, 6) is -1.22. The summed E-state index contributed by atoms with van der Waals surface area (Å²) >= 11 is 0. The molecule has 1 aliphatic heterocycles. The molecule has 2 atom stereocenters. The maximum Gasteiger partial charge on any atom is 0.339 e. The number of ether oxygens (including phenoxy) is 4. The zero-order valence-electron chi connectivity index (χ0n) is 13.0. The van der Waals surface area contributed by atoms with Crippen LogP contribution >= 0.6 is 0 Å². The first-order chi connectivity index (χ1) is 9.65. The van der Waals surface area contributed by atoms with E-state index < -0.39 is 29.9 Å². The van der Waals surface area contributed by atoms with Gasteiger partial charge in [-0.3, -0.25) is 4.79 Å². The van der Waals surface area contributed by atoms with Crippen molar-refractivity contribution >= 4 is 11.9 Å². The van der Waals surface area contributed by atoms with Crippen molar-refractivity contribution in [2.45, 2.75) is 52.1 Å². The van der Waals surface area contributed by atoms with Gasteiger partial charge in [-0.15, -0.1) is 0 Å². The van der Waals surface area contributed by atoms with Gasteiger partial charge >= 0.3 is 11.9 Å². The van der Waals surface area contributed by atoms with E-state index in [1.54, 1.807) is 27.7 Å². The number of aliphatic hydroxyl groups is 1. The number of rotatable bonds is 6. The van der Waals surface area contributed by atoms with Crippen molar-refractivity contribution in [1.29, 1.82) is 0 Å². The Kier molecular flexibility index (Phi) is 5.88. The minimum atomic E-state index is -1.31. The summed E-state index contributed by atoms with van der Waals surface area (Å²) in [6.07, 6.45) is -2.36. The number of hydrogen-bond acceptors (Lipinski definition) is 7. The molecule has 0 fully saturated rings. The van der Waals surface area contributed by atoms with E-state index in [1.807, 2.05) is 0 Å². The van der Waals surface area contributed by atoms with Gasteiger partial charge in [0.25, 0.3) is 0 Å². The normalized spacial score (nSPS) is 20.5. The van der Waals surface area contributed by atoms with Gasteiger partial charge in [0.1, 0.15) is 18.5 Å². The highest BCUT2D eigenvalue weighted by atomic mass is 16.7. The lowest BCUT2D eigenvalue weighted by molar-refractivity contribution is -0.160. The number of esters is 2. The highest BCUT2D eigenvalue weighted by molar-refractivity contribution is 5.94. The average molecular weight is 302 g/mol. The van der Waals surface area contributed by atoms with E-state index in [-0.39, 0.29) is 18.8 Å². The zero-order chi connectivity index (χ0) is 16.2. The predicted octanol–water partition coefficient (Wildman–Crippen LogP) is 0.899. The van der Waals surface area contributed by atoms with Crippen molar-refractivity contribution in [3.63, 3.8) is 0 Å². The van der Waals surface area contributed by atoms with Crippen LogP contribution in [0.4, 0.5) is 0 Å². The van der Waals surface area contributed by atoms with Crippen LogP contribution in [0.15, 0.2) is 11.1 Å². The summed E-state index contributed by atoms with van der Waals surface area (Å²) in [6.45, 7) is 6.67. The monoisotopic (exact) mass is 302 g/mol. The summed E-state index contributed by atoms with van der Waals surface area (Å²) < 4.78 is 20.1. The number of hydrogen-bond donors (Lipinski definition) is 1. The van der Waals surface area contributed by atoms with Gasteiger partial charge in [0, 0.05) is 12.7 Å². The summed E-state index contributed by atoms with van der Waals surface area (Å²) in [4.78, 5) is 23.7. The fourth-order valence-electron chi connectivity index (χ4n) is 1.86. The Morgan fingerprint density at radius 2 is 2.05 bits per heavy atom. The first-order valence-electron chi connectivity index (χ1n) is 6.57. The lowest BCUT2D eigenvalue weighted by Crippen LogP contribution is -2.30. The van der Waals surface area contributed by atoms with Gasteiger partial charge in [-0.05, 0) is 27.7 Å². The first kappa shape index (κ1) is 17.6. The molecule has 0 aromatic carbocycles. The average Bonchev–Trinajstić information content (AvgIpc) is 2.57. The Balaban J connectivity index is 2.86. The van der Waals surface area contributed by atoms with Crippen LogP contribution in [0.3, 0.4) is 0 Å². The Morgan fingerprint density at radius 1 is 1.43 bits per heavy atom. The number of carbonyl (C=O) groups is 2. The summed E-state index contributed by atoms with van der Waals surface area (Å²) in [5, 5.41) is 9.53. The number of cyclic esters (lactones) is 1. The van der Waals surface area contributed by atoms with E-state index in [0.717, 1.165) is 0 Å². The van der Waals surface area contributed by atoms with Crippen molar-refractivity contribution in [2.24, 2.45) is 0 Å². The third kappa shape index (κ3) is 5.11. The van der Waals surface area contributed by atoms with Crippen LogP contribution in [0, 0.1) is 0 Å². The van der Waals surface area contributed by atoms with E-state index in [1.165, 1.54) is 7.11 Å². The van der Waals surface area contributed by atoms with Gasteiger partial charge < -0.3 is 24.1 Å². The molecular weight excluding hydrogens is 280 g/mol. The zero-order valence-corrected chi connectivity index (χ0v) is 13.0. The number of methoxy groups -OCH3 is 1. The molecule has 7 nitrogen and oxygen atoms in total. The smallest absolute Gasteiger partial charge is 0.339 e. The van der Waals surface area contributed by atoms with E-state index in [9.17, 15) is 14.7 Å². The van der Waals surface area contributed by atoms with Crippen LogP contribution in [0.5, 0.6) is 0 Å². The van der Waals surface area contributed by atoms with E-state index in [4.69, 9.17) is 18.9 Å².